The Balaban J connectivity index is 0.000000829. The van der Waals surface area contributed by atoms with Crippen molar-refractivity contribution in [1.82, 2.24) is 9.55 Å². The molecule has 0 aliphatic carbocycles. The van der Waals surface area contributed by atoms with Crippen LogP contribution in [0.5, 0.6) is 0 Å². The summed E-state index contributed by atoms with van der Waals surface area (Å²) >= 11 is 5.99. The van der Waals surface area contributed by atoms with E-state index in [1.807, 2.05) is 27.7 Å². The lowest BCUT2D eigenvalue weighted by Crippen LogP contribution is -2.00. The molecule has 5 nitrogen and oxygen atoms in total. The number of carboxylic acid groups (broad SMARTS) is 1. The third-order valence-corrected chi connectivity index (χ3v) is 2.79. The van der Waals surface area contributed by atoms with Crippen LogP contribution in [0.4, 0.5) is 0 Å². The van der Waals surface area contributed by atoms with Crippen molar-refractivity contribution in [3.8, 4) is 0 Å². The van der Waals surface area contributed by atoms with Crippen molar-refractivity contribution in [2.75, 3.05) is 0 Å². The summed E-state index contributed by atoms with van der Waals surface area (Å²) < 4.78 is 1.69. The van der Waals surface area contributed by atoms with Crippen molar-refractivity contribution in [3.63, 3.8) is 0 Å². The first kappa shape index (κ1) is 18.4. The molecule has 0 unspecified atom stereocenters. The van der Waals surface area contributed by atoms with E-state index in [1.54, 1.807) is 17.8 Å². The summed E-state index contributed by atoms with van der Waals surface area (Å²) in [6, 6.07) is 0. The van der Waals surface area contributed by atoms with E-state index in [-0.39, 0.29) is 17.2 Å². The highest BCUT2D eigenvalue weighted by molar-refractivity contribution is 6.38. The van der Waals surface area contributed by atoms with Crippen LogP contribution in [-0.2, 0) is 13.7 Å². The number of aryl methyl sites for hydroxylation is 1. The molecule has 6 heteroatoms. The van der Waals surface area contributed by atoms with E-state index in [0.29, 0.717) is 16.6 Å². The van der Waals surface area contributed by atoms with Crippen molar-refractivity contribution in [2.45, 2.75) is 34.3 Å². The number of aromatic carboxylic acids is 1. The third kappa shape index (κ3) is 3.49. The van der Waals surface area contributed by atoms with Gasteiger partial charge in [-0.2, -0.15) is 0 Å². The van der Waals surface area contributed by atoms with Gasteiger partial charge in [0.15, 0.2) is 0 Å². The fraction of sp³-hybridized carbons (Fsp3) is 0.429. The fourth-order valence-electron chi connectivity index (χ4n) is 1.66. The van der Waals surface area contributed by atoms with Gasteiger partial charge in [0.05, 0.1) is 17.2 Å². The lowest BCUT2D eigenvalue weighted by atomic mass is 10.2. The van der Waals surface area contributed by atoms with E-state index in [0.717, 1.165) is 0 Å². The molecule has 2 aromatic rings. The zero-order valence-electron chi connectivity index (χ0n) is 12.4. The molecule has 0 spiro atoms. The highest BCUT2D eigenvalue weighted by Gasteiger charge is 2.17. The Morgan fingerprint density at radius 1 is 1.35 bits per heavy atom. The number of carboxylic acids is 1. The number of carbonyl (C=O) groups is 1. The topological polar surface area (TPSA) is 75.4 Å². The minimum atomic E-state index is -1.13. The van der Waals surface area contributed by atoms with Gasteiger partial charge in [-0.15, -0.1) is 0 Å². The van der Waals surface area contributed by atoms with Crippen molar-refractivity contribution in [2.24, 2.45) is 7.05 Å². The van der Waals surface area contributed by atoms with Gasteiger partial charge in [-0.1, -0.05) is 39.3 Å². The second-order valence-corrected chi connectivity index (χ2v) is 3.79. The fourth-order valence-corrected chi connectivity index (χ4v) is 2.00. The first-order valence-electron chi connectivity index (χ1n) is 6.52. The molecule has 0 aromatic carbocycles. The van der Waals surface area contributed by atoms with Crippen LogP contribution in [0.2, 0.25) is 5.02 Å². The second-order valence-electron chi connectivity index (χ2n) is 3.41. The molecule has 2 rings (SSSR count). The standard InChI is InChI=1S/C10H9ClN2O3.2C2H6/c1-13-3-5(4-14)7-8(11)6(10(15)16)2-12-9(7)13;2*1-2/h2-3,14H,4H2,1H3,(H,15,16);2*1-2H3. The smallest absolute Gasteiger partial charge is 0.338 e. The van der Waals surface area contributed by atoms with Crippen LogP contribution in [0.15, 0.2) is 12.4 Å². The molecule has 2 aromatic heterocycles. The molecule has 0 aliphatic rings. The Bertz CT molecular complexity index is 579. The molecule has 0 amide bonds. The average Bonchev–Trinajstić information content (AvgIpc) is 2.81. The van der Waals surface area contributed by atoms with Crippen molar-refractivity contribution >= 4 is 28.6 Å². The number of rotatable bonds is 2. The molecule has 20 heavy (non-hydrogen) atoms. The van der Waals surface area contributed by atoms with Gasteiger partial charge in [-0.3, -0.25) is 0 Å². The maximum absolute atomic E-state index is 10.9. The molecular formula is C14H21ClN2O3. The average molecular weight is 301 g/mol. The Kier molecular flexibility index (Phi) is 7.87. The van der Waals surface area contributed by atoms with Crippen LogP contribution >= 0.6 is 11.6 Å². The monoisotopic (exact) mass is 300 g/mol. The van der Waals surface area contributed by atoms with E-state index in [9.17, 15) is 4.79 Å². The number of nitrogens with zero attached hydrogens (tertiary/aromatic N) is 2. The number of hydrogen-bond acceptors (Lipinski definition) is 3. The summed E-state index contributed by atoms with van der Waals surface area (Å²) in [5.41, 5.74) is 1.06. The molecule has 112 valence electrons. The number of fused-ring (bicyclic) bond motifs is 1. The number of aliphatic hydroxyl groups is 1. The minimum Gasteiger partial charge on any atom is -0.478 e. The van der Waals surface area contributed by atoms with Gasteiger partial charge in [-0.25, -0.2) is 9.78 Å². The predicted molar refractivity (Wildman–Crippen MR) is 81.3 cm³/mol. The van der Waals surface area contributed by atoms with Crippen LogP contribution < -0.4 is 0 Å². The zero-order chi connectivity index (χ0) is 15.9. The van der Waals surface area contributed by atoms with Crippen molar-refractivity contribution < 1.29 is 15.0 Å². The van der Waals surface area contributed by atoms with Gasteiger partial charge < -0.3 is 14.8 Å². The molecule has 0 radical (unpaired) electrons. The largest absolute Gasteiger partial charge is 0.478 e. The van der Waals surface area contributed by atoms with E-state index >= 15 is 0 Å². The molecule has 0 bridgehead atoms. The van der Waals surface area contributed by atoms with Gasteiger partial charge in [-0.05, 0) is 0 Å². The van der Waals surface area contributed by atoms with Crippen LogP contribution in [0, 0.1) is 0 Å². The van der Waals surface area contributed by atoms with Gasteiger partial charge >= 0.3 is 5.97 Å². The number of aliphatic hydroxyl groups excluding tert-OH is 1. The van der Waals surface area contributed by atoms with Crippen LogP contribution in [0.3, 0.4) is 0 Å². The normalized spacial score (nSPS) is 9.35. The second kappa shape index (κ2) is 8.55. The molecule has 0 fully saturated rings. The Labute approximate surface area is 123 Å². The number of halogens is 1. The maximum atomic E-state index is 10.9. The predicted octanol–water partition coefficient (Wildman–Crippen LogP) is 3.47. The summed E-state index contributed by atoms with van der Waals surface area (Å²) in [7, 11) is 1.76. The third-order valence-electron chi connectivity index (χ3n) is 2.40. The van der Waals surface area contributed by atoms with Crippen LogP contribution in [0.25, 0.3) is 11.0 Å². The minimum absolute atomic E-state index is 0.0601. The van der Waals surface area contributed by atoms with Gasteiger partial charge in [0.2, 0.25) is 0 Å². The van der Waals surface area contributed by atoms with Gasteiger partial charge in [0.1, 0.15) is 5.65 Å². The molecule has 0 saturated carbocycles. The molecule has 0 saturated heterocycles. The highest BCUT2D eigenvalue weighted by atomic mass is 35.5. The van der Waals surface area contributed by atoms with Gasteiger partial charge in [0, 0.05) is 30.4 Å². The first-order chi connectivity index (χ1) is 9.56. The zero-order valence-corrected chi connectivity index (χ0v) is 13.2. The molecule has 0 atom stereocenters. The molecule has 0 aliphatic heterocycles. The van der Waals surface area contributed by atoms with Gasteiger partial charge in [0.25, 0.3) is 0 Å². The summed E-state index contributed by atoms with van der Waals surface area (Å²) in [6.45, 7) is 7.79. The number of pyridine rings is 1. The van der Waals surface area contributed by atoms with Crippen molar-refractivity contribution in [3.05, 3.63) is 28.5 Å². The summed E-state index contributed by atoms with van der Waals surface area (Å²) in [4.78, 5) is 14.9. The van der Waals surface area contributed by atoms with E-state index in [2.05, 4.69) is 4.98 Å². The molecule has 2 N–H and O–H groups in total. The van der Waals surface area contributed by atoms with E-state index in [4.69, 9.17) is 21.8 Å². The van der Waals surface area contributed by atoms with E-state index in [1.165, 1.54) is 6.20 Å². The molecular weight excluding hydrogens is 280 g/mol. The summed E-state index contributed by atoms with van der Waals surface area (Å²) in [6.07, 6.45) is 2.89. The Morgan fingerprint density at radius 2 is 1.90 bits per heavy atom. The van der Waals surface area contributed by atoms with Crippen molar-refractivity contribution in [1.29, 1.82) is 0 Å². The molecule has 2 heterocycles. The lowest BCUT2D eigenvalue weighted by molar-refractivity contribution is 0.0697. The lowest BCUT2D eigenvalue weighted by Gasteiger charge is -2.01. The number of aromatic nitrogens is 2. The number of hydrogen-bond donors (Lipinski definition) is 2. The first-order valence-corrected chi connectivity index (χ1v) is 6.90. The van der Waals surface area contributed by atoms with E-state index < -0.39 is 5.97 Å². The maximum Gasteiger partial charge on any atom is 0.338 e. The highest BCUT2D eigenvalue weighted by Crippen LogP contribution is 2.29. The summed E-state index contributed by atoms with van der Waals surface area (Å²) in [5, 5.41) is 18.7. The van der Waals surface area contributed by atoms with Crippen LogP contribution in [-0.4, -0.2) is 25.7 Å². The Hall–Kier alpha value is -1.59. The van der Waals surface area contributed by atoms with Crippen LogP contribution in [0.1, 0.15) is 43.6 Å². The quantitative estimate of drug-likeness (QED) is 0.890. The summed E-state index contributed by atoms with van der Waals surface area (Å²) in [5.74, 6) is -1.13. The SMILES string of the molecule is CC.CC.Cn1cc(CO)c2c(Cl)c(C(=O)O)cnc21. The Morgan fingerprint density at radius 3 is 2.35 bits per heavy atom.